The van der Waals surface area contributed by atoms with E-state index < -0.39 is 0 Å². The third-order valence-corrected chi connectivity index (χ3v) is 5.95. The second-order valence-corrected chi connectivity index (χ2v) is 8.14. The van der Waals surface area contributed by atoms with Crippen molar-refractivity contribution in [3.8, 4) is 0 Å². The molecule has 1 aromatic heterocycles. The third kappa shape index (κ3) is 6.16. The lowest BCUT2D eigenvalue weighted by molar-refractivity contribution is -0.125. The van der Waals surface area contributed by atoms with Gasteiger partial charge >= 0.3 is 6.03 Å². The Morgan fingerprint density at radius 2 is 2.03 bits per heavy atom. The minimum absolute atomic E-state index is 0.153. The van der Waals surface area contributed by atoms with E-state index in [0.717, 1.165) is 63.9 Å². The van der Waals surface area contributed by atoms with E-state index in [9.17, 15) is 9.59 Å². The molecule has 0 radical (unpaired) electrons. The standard InChI is InChI=1S/C22H35N5O2/c1-2-3-7-12-24-22(29)26-18-10-11-20(25-15-18)27-14-13-23-16-19(27)21(28)17-8-5-4-6-9-17/h10-11,15,17,19,23H,2-9,12-14,16H2,1H3,(H2,24,26,29). The first-order chi connectivity index (χ1) is 14.2. The van der Waals surface area contributed by atoms with E-state index in [1.807, 2.05) is 12.1 Å². The highest BCUT2D eigenvalue weighted by molar-refractivity contribution is 5.90. The fourth-order valence-corrected chi connectivity index (χ4v) is 4.27. The lowest BCUT2D eigenvalue weighted by atomic mass is 9.83. The van der Waals surface area contributed by atoms with Crippen molar-refractivity contribution >= 4 is 23.3 Å². The number of amides is 2. The first-order valence-corrected chi connectivity index (χ1v) is 11.2. The van der Waals surface area contributed by atoms with Gasteiger partial charge in [0.25, 0.3) is 0 Å². The summed E-state index contributed by atoms with van der Waals surface area (Å²) in [6.45, 7) is 5.10. The molecule has 160 valence electrons. The van der Waals surface area contributed by atoms with Crippen LogP contribution in [0.15, 0.2) is 18.3 Å². The molecule has 1 aromatic rings. The summed E-state index contributed by atoms with van der Waals surface area (Å²) in [5.74, 6) is 1.34. The van der Waals surface area contributed by atoms with Crippen LogP contribution in [0.25, 0.3) is 0 Å². The number of ketones is 1. The predicted octanol–water partition coefficient (Wildman–Crippen LogP) is 3.32. The Balaban J connectivity index is 1.58. The highest BCUT2D eigenvalue weighted by Crippen LogP contribution is 2.28. The van der Waals surface area contributed by atoms with Crippen LogP contribution in [0, 0.1) is 5.92 Å². The zero-order valence-corrected chi connectivity index (χ0v) is 17.6. The van der Waals surface area contributed by atoms with Gasteiger partial charge in [0.05, 0.1) is 11.9 Å². The summed E-state index contributed by atoms with van der Waals surface area (Å²) in [5, 5.41) is 9.05. The van der Waals surface area contributed by atoms with Gasteiger partial charge in [-0.05, 0) is 31.4 Å². The van der Waals surface area contributed by atoms with Gasteiger partial charge in [0.2, 0.25) is 0 Å². The summed E-state index contributed by atoms with van der Waals surface area (Å²) in [6.07, 6.45) is 10.5. The Kier molecular flexibility index (Phi) is 8.28. The van der Waals surface area contributed by atoms with Crippen LogP contribution in [0.3, 0.4) is 0 Å². The number of aromatic nitrogens is 1. The summed E-state index contributed by atoms with van der Waals surface area (Å²) < 4.78 is 0. The molecular formula is C22H35N5O2. The topological polar surface area (TPSA) is 86.4 Å². The summed E-state index contributed by atoms with van der Waals surface area (Å²) in [7, 11) is 0. The van der Waals surface area contributed by atoms with Crippen LogP contribution < -0.4 is 20.9 Å². The fraction of sp³-hybridized carbons (Fsp3) is 0.682. The van der Waals surface area contributed by atoms with Crippen molar-refractivity contribution in [1.29, 1.82) is 0 Å². The number of nitrogens with one attached hydrogen (secondary N) is 3. The van der Waals surface area contributed by atoms with Gasteiger partial charge < -0.3 is 20.9 Å². The number of rotatable bonds is 8. The number of piperazine rings is 1. The fourth-order valence-electron chi connectivity index (χ4n) is 4.27. The summed E-state index contributed by atoms with van der Waals surface area (Å²) >= 11 is 0. The minimum Gasteiger partial charge on any atom is -0.344 e. The van der Waals surface area contributed by atoms with E-state index in [-0.39, 0.29) is 18.0 Å². The van der Waals surface area contributed by atoms with Crippen LogP contribution in [-0.2, 0) is 4.79 Å². The smallest absolute Gasteiger partial charge is 0.319 e. The van der Waals surface area contributed by atoms with Crippen LogP contribution in [0.1, 0.15) is 58.3 Å². The van der Waals surface area contributed by atoms with Crippen molar-refractivity contribution in [1.82, 2.24) is 15.6 Å². The largest absolute Gasteiger partial charge is 0.344 e. The van der Waals surface area contributed by atoms with Crippen molar-refractivity contribution in [3.05, 3.63) is 18.3 Å². The van der Waals surface area contributed by atoms with Crippen LogP contribution in [0.4, 0.5) is 16.3 Å². The molecule has 3 rings (SSSR count). The average molecular weight is 402 g/mol. The summed E-state index contributed by atoms with van der Waals surface area (Å²) in [4.78, 5) is 31.8. The molecule has 0 aromatic carbocycles. The lowest BCUT2D eigenvalue weighted by Crippen LogP contribution is -2.56. The highest BCUT2D eigenvalue weighted by atomic mass is 16.2. The van der Waals surface area contributed by atoms with Crippen LogP contribution in [-0.4, -0.2) is 49.0 Å². The maximum Gasteiger partial charge on any atom is 0.319 e. The van der Waals surface area contributed by atoms with Gasteiger partial charge in [-0.25, -0.2) is 9.78 Å². The number of carbonyl (C=O) groups excluding carboxylic acids is 2. The summed E-state index contributed by atoms with van der Waals surface area (Å²) in [5.41, 5.74) is 0.659. The van der Waals surface area contributed by atoms with Crippen molar-refractivity contribution in [2.45, 2.75) is 64.3 Å². The van der Waals surface area contributed by atoms with Gasteiger partial charge in [-0.2, -0.15) is 0 Å². The Morgan fingerprint density at radius 1 is 1.21 bits per heavy atom. The number of anilines is 2. The van der Waals surface area contributed by atoms with Crippen molar-refractivity contribution in [2.24, 2.45) is 5.92 Å². The van der Waals surface area contributed by atoms with Gasteiger partial charge in [-0.3, -0.25) is 4.79 Å². The van der Waals surface area contributed by atoms with E-state index in [2.05, 4.69) is 32.8 Å². The minimum atomic E-state index is -0.205. The Morgan fingerprint density at radius 3 is 2.76 bits per heavy atom. The molecule has 2 heterocycles. The van der Waals surface area contributed by atoms with E-state index in [0.29, 0.717) is 24.6 Å². The molecular weight excluding hydrogens is 366 g/mol. The number of hydrogen-bond donors (Lipinski definition) is 3. The van der Waals surface area contributed by atoms with Crippen LogP contribution in [0.2, 0.25) is 0 Å². The van der Waals surface area contributed by atoms with Crippen LogP contribution >= 0.6 is 0 Å². The Hall–Kier alpha value is -2.15. The number of Topliss-reactive ketones (excluding diaryl/α,β-unsaturated/α-hetero) is 1. The lowest BCUT2D eigenvalue weighted by Gasteiger charge is -2.38. The number of pyridine rings is 1. The maximum absolute atomic E-state index is 13.1. The van der Waals surface area contributed by atoms with E-state index in [1.165, 1.54) is 6.42 Å². The molecule has 1 unspecified atom stereocenters. The number of hydrogen-bond acceptors (Lipinski definition) is 5. The zero-order chi connectivity index (χ0) is 20.5. The van der Waals surface area contributed by atoms with Gasteiger partial charge in [-0.15, -0.1) is 0 Å². The average Bonchev–Trinajstić information content (AvgIpc) is 2.77. The van der Waals surface area contributed by atoms with E-state index >= 15 is 0 Å². The molecule has 1 atom stereocenters. The molecule has 3 N–H and O–H groups in total. The zero-order valence-electron chi connectivity index (χ0n) is 17.6. The van der Waals surface area contributed by atoms with E-state index in [1.54, 1.807) is 6.20 Å². The monoisotopic (exact) mass is 401 g/mol. The van der Waals surface area contributed by atoms with Gasteiger partial charge in [0, 0.05) is 32.1 Å². The number of urea groups is 1. The molecule has 2 fully saturated rings. The quantitative estimate of drug-likeness (QED) is 0.582. The van der Waals surface area contributed by atoms with Gasteiger partial charge in [0.1, 0.15) is 11.9 Å². The molecule has 1 saturated heterocycles. The number of unbranched alkanes of at least 4 members (excludes halogenated alkanes) is 2. The normalized spacial score (nSPS) is 20.3. The first kappa shape index (κ1) is 21.6. The second kappa shape index (κ2) is 11.1. The molecule has 29 heavy (non-hydrogen) atoms. The van der Waals surface area contributed by atoms with Crippen molar-refractivity contribution < 1.29 is 9.59 Å². The molecule has 1 aliphatic heterocycles. The van der Waals surface area contributed by atoms with E-state index in [4.69, 9.17) is 0 Å². The first-order valence-electron chi connectivity index (χ1n) is 11.2. The maximum atomic E-state index is 13.1. The van der Waals surface area contributed by atoms with Crippen LogP contribution in [0.5, 0.6) is 0 Å². The van der Waals surface area contributed by atoms with Crippen molar-refractivity contribution in [3.63, 3.8) is 0 Å². The SMILES string of the molecule is CCCCCNC(=O)Nc1ccc(N2CCNCC2C(=O)C2CCCCC2)nc1. The molecule has 0 spiro atoms. The molecule has 0 bridgehead atoms. The highest BCUT2D eigenvalue weighted by Gasteiger charge is 2.34. The number of carbonyl (C=O) groups is 2. The second-order valence-electron chi connectivity index (χ2n) is 8.14. The molecule has 2 aliphatic rings. The molecule has 7 heteroatoms. The summed E-state index contributed by atoms with van der Waals surface area (Å²) in [6, 6.07) is 3.40. The van der Waals surface area contributed by atoms with Crippen molar-refractivity contribution in [2.75, 3.05) is 36.4 Å². The van der Waals surface area contributed by atoms with Gasteiger partial charge in [-0.1, -0.05) is 39.0 Å². The molecule has 1 aliphatic carbocycles. The molecule has 1 saturated carbocycles. The molecule has 2 amide bonds. The Bertz CT molecular complexity index is 658. The number of nitrogens with zero attached hydrogens (tertiary/aromatic N) is 2. The Labute approximate surface area is 174 Å². The third-order valence-electron chi connectivity index (χ3n) is 5.95. The van der Waals surface area contributed by atoms with Gasteiger partial charge in [0.15, 0.2) is 5.78 Å². The molecule has 7 nitrogen and oxygen atoms in total. The predicted molar refractivity (Wildman–Crippen MR) is 116 cm³/mol.